The highest BCUT2D eigenvalue weighted by atomic mass is 16.4. The van der Waals surface area contributed by atoms with Crippen LogP contribution in [0.25, 0.3) is 10.8 Å². The van der Waals surface area contributed by atoms with E-state index in [0.29, 0.717) is 5.69 Å². The molecule has 1 heterocycles. The SMILES string of the molecule is O=C(O)c1cccc(N(Cc2ccc3ccccc3c2)C(=O)CC(=O)c2ncccn2)c1. The number of carbonyl (C=O) groups excluding carboxylic acids is 2. The number of carbonyl (C=O) groups is 3. The number of ketones is 1. The molecule has 0 aliphatic carbocycles. The molecule has 0 aliphatic heterocycles. The smallest absolute Gasteiger partial charge is 0.335 e. The third-order valence-corrected chi connectivity index (χ3v) is 4.99. The lowest BCUT2D eigenvalue weighted by molar-refractivity contribution is -0.117. The highest BCUT2D eigenvalue weighted by Gasteiger charge is 2.22. The van der Waals surface area contributed by atoms with Crippen molar-refractivity contribution in [3.05, 3.63) is 102 Å². The van der Waals surface area contributed by atoms with E-state index in [9.17, 15) is 19.5 Å². The molecule has 1 N–H and O–H groups in total. The summed E-state index contributed by atoms with van der Waals surface area (Å²) in [5.41, 5.74) is 1.29. The van der Waals surface area contributed by atoms with Crippen LogP contribution in [-0.2, 0) is 11.3 Å². The van der Waals surface area contributed by atoms with E-state index in [-0.39, 0.29) is 17.9 Å². The Morgan fingerprint density at radius 1 is 0.812 bits per heavy atom. The molecule has 0 saturated carbocycles. The molecule has 0 atom stereocenters. The maximum Gasteiger partial charge on any atom is 0.335 e. The van der Waals surface area contributed by atoms with Crippen molar-refractivity contribution in [1.29, 1.82) is 0 Å². The van der Waals surface area contributed by atoms with Crippen LogP contribution < -0.4 is 4.90 Å². The highest BCUT2D eigenvalue weighted by Crippen LogP contribution is 2.23. The molecular formula is C25H19N3O4. The molecule has 32 heavy (non-hydrogen) atoms. The van der Waals surface area contributed by atoms with Gasteiger partial charge in [-0.05, 0) is 46.7 Å². The number of aromatic carboxylic acids is 1. The molecular weight excluding hydrogens is 406 g/mol. The van der Waals surface area contributed by atoms with Gasteiger partial charge in [-0.3, -0.25) is 9.59 Å². The topological polar surface area (TPSA) is 100 Å². The van der Waals surface area contributed by atoms with Crippen LogP contribution in [0.2, 0.25) is 0 Å². The van der Waals surface area contributed by atoms with E-state index < -0.39 is 24.1 Å². The summed E-state index contributed by atoms with van der Waals surface area (Å²) < 4.78 is 0. The number of anilines is 1. The number of carboxylic acid groups (broad SMARTS) is 1. The molecule has 7 nitrogen and oxygen atoms in total. The van der Waals surface area contributed by atoms with Crippen LogP contribution in [-0.4, -0.2) is 32.7 Å². The second-order valence-electron chi connectivity index (χ2n) is 7.19. The van der Waals surface area contributed by atoms with E-state index in [4.69, 9.17) is 0 Å². The second kappa shape index (κ2) is 9.18. The van der Waals surface area contributed by atoms with Crippen molar-refractivity contribution in [1.82, 2.24) is 9.97 Å². The van der Waals surface area contributed by atoms with Gasteiger partial charge in [-0.1, -0.05) is 42.5 Å². The molecule has 4 aromatic rings. The number of amides is 1. The predicted molar refractivity (Wildman–Crippen MR) is 120 cm³/mol. The third kappa shape index (κ3) is 4.67. The largest absolute Gasteiger partial charge is 0.478 e. The van der Waals surface area contributed by atoms with Crippen LogP contribution in [0.15, 0.2) is 85.2 Å². The summed E-state index contributed by atoms with van der Waals surface area (Å²) in [5.74, 6) is -2.11. The summed E-state index contributed by atoms with van der Waals surface area (Å²) in [4.78, 5) is 46.4. The number of Topliss-reactive ketones (excluding diaryl/α,β-unsaturated/α-hetero) is 1. The molecule has 0 bridgehead atoms. The minimum absolute atomic E-state index is 0.0363. The van der Waals surface area contributed by atoms with Gasteiger partial charge in [0.15, 0.2) is 5.82 Å². The molecule has 0 aliphatic rings. The molecule has 0 fully saturated rings. The van der Waals surface area contributed by atoms with E-state index in [1.807, 2.05) is 42.5 Å². The van der Waals surface area contributed by atoms with Crippen LogP contribution in [0.4, 0.5) is 5.69 Å². The normalized spacial score (nSPS) is 10.6. The van der Waals surface area contributed by atoms with Crippen molar-refractivity contribution in [2.75, 3.05) is 4.90 Å². The molecule has 1 amide bonds. The van der Waals surface area contributed by atoms with Gasteiger partial charge in [0.25, 0.3) is 0 Å². The maximum absolute atomic E-state index is 13.2. The first-order chi connectivity index (χ1) is 15.5. The van der Waals surface area contributed by atoms with Gasteiger partial charge >= 0.3 is 5.97 Å². The van der Waals surface area contributed by atoms with Crippen LogP contribution in [0, 0.1) is 0 Å². The minimum Gasteiger partial charge on any atom is -0.478 e. The van der Waals surface area contributed by atoms with Crippen LogP contribution in [0.3, 0.4) is 0 Å². The molecule has 7 heteroatoms. The van der Waals surface area contributed by atoms with Gasteiger partial charge in [-0.15, -0.1) is 0 Å². The first-order valence-corrected chi connectivity index (χ1v) is 9.93. The Morgan fingerprint density at radius 3 is 2.31 bits per heavy atom. The molecule has 4 rings (SSSR count). The molecule has 3 aromatic carbocycles. The molecule has 0 unspecified atom stereocenters. The Kier molecular flexibility index (Phi) is 5.98. The summed E-state index contributed by atoms with van der Waals surface area (Å²) in [5, 5.41) is 11.4. The molecule has 158 valence electrons. The zero-order valence-corrected chi connectivity index (χ0v) is 17.0. The summed E-state index contributed by atoms with van der Waals surface area (Å²) in [7, 11) is 0. The average Bonchev–Trinajstić information content (AvgIpc) is 2.83. The van der Waals surface area contributed by atoms with Gasteiger partial charge in [0.2, 0.25) is 11.7 Å². The van der Waals surface area contributed by atoms with E-state index in [1.165, 1.54) is 29.4 Å². The van der Waals surface area contributed by atoms with Crippen molar-refractivity contribution in [2.24, 2.45) is 0 Å². The fourth-order valence-electron chi connectivity index (χ4n) is 3.40. The van der Waals surface area contributed by atoms with Crippen molar-refractivity contribution < 1.29 is 19.5 Å². The Morgan fingerprint density at radius 2 is 1.56 bits per heavy atom. The van der Waals surface area contributed by atoms with E-state index in [2.05, 4.69) is 9.97 Å². The summed E-state index contributed by atoms with van der Waals surface area (Å²) >= 11 is 0. The highest BCUT2D eigenvalue weighted by molar-refractivity contribution is 6.10. The summed E-state index contributed by atoms with van der Waals surface area (Å²) in [6.07, 6.45) is 2.44. The van der Waals surface area contributed by atoms with Crippen molar-refractivity contribution in [3.8, 4) is 0 Å². The fourth-order valence-corrected chi connectivity index (χ4v) is 3.40. The second-order valence-corrected chi connectivity index (χ2v) is 7.19. The first-order valence-electron chi connectivity index (χ1n) is 9.93. The van der Waals surface area contributed by atoms with Gasteiger partial charge in [0, 0.05) is 18.1 Å². The molecule has 0 spiro atoms. The predicted octanol–water partition coefficient (Wildman–Crippen LogP) is 4.13. The zero-order valence-electron chi connectivity index (χ0n) is 17.0. The standard InChI is InChI=1S/C25H19N3O4/c29-22(24-26-11-4-12-27-24)15-23(30)28(21-8-3-7-20(14-21)25(31)32)16-17-9-10-18-5-1-2-6-19(18)13-17/h1-14H,15-16H2,(H,31,32). The van der Waals surface area contributed by atoms with E-state index in [0.717, 1.165) is 16.3 Å². The van der Waals surface area contributed by atoms with Crippen molar-refractivity contribution >= 4 is 34.1 Å². The zero-order chi connectivity index (χ0) is 22.5. The van der Waals surface area contributed by atoms with Gasteiger partial charge in [0.1, 0.15) is 0 Å². The summed E-state index contributed by atoms with van der Waals surface area (Å²) in [6.45, 7) is 0.176. The Balaban J connectivity index is 1.67. The Labute approximate surface area is 184 Å². The average molecular weight is 425 g/mol. The number of benzene rings is 3. The van der Waals surface area contributed by atoms with Gasteiger partial charge in [-0.2, -0.15) is 0 Å². The monoisotopic (exact) mass is 425 g/mol. The van der Waals surface area contributed by atoms with Gasteiger partial charge in [0.05, 0.1) is 18.5 Å². The lowest BCUT2D eigenvalue weighted by Crippen LogP contribution is -2.32. The van der Waals surface area contributed by atoms with Crippen molar-refractivity contribution in [2.45, 2.75) is 13.0 Å². The van der Waals surface area contributed by atoms with Gasteiger partial charge in [-0.25, -0.2) is 14.8 Å². The maximum atomic E-state index is 13.2. The molecule has 0 radical (unpaired) electrons. The number of aromatic nitrogens is 2. The van der Waals surface area contributed by atoms with E-state index >= 15 is 0 Å². The molecule has 0 saturated heterocycles. The number of rotatable bonds is 7. The lowest BCUT2D eigenvalue weighted by atomic mass is 10.1. The number of nitrogens with zero attached hydrogens (tertiary/aromatic N) is 3. The number of fused-ring (bicyclic) bond motifs is 1. The number of hydrogen-bond donors (Lipinski definition) is 1. The Hall–Kier alpha value is -4.39. The number of hydrogen-bond acceptors (Lipinski definition) is 5. The summed E-state index contributed by atoms with van der Waals surface area (Å²) in [6, 6.07) is 21.4. The van der Waals surface area contributed by atoms with Crippen LogP contribution in [0.1, 0.15) is 33.0 Å². The van der Waals surface area contributed by atoms with E-state index in [1.54, 1.807) is 18.2 Å². The lowest BCUT2D eigenvalue weighted by Gasteiger charge is -2.23. The Bertz CT molecular complexity index is 1300. The van der Waals surface area contributed by atoms with Crippen LogP contribution >= 0.6 is 0 Å². The minimum atomic E-state index is -1.10. The van der Waals surface area contributed by atoms with Crippen LogP contribution in [0.5, 0.6) is 0 Å². The van der Waals surface area contributed by atoms with Crippen molar-refractivity contribution in [3.63, 3.8) is 0 Å². The molecule has 1 aromatic heterocycles. The fraction of sp³-hybridized carbons (Fsp3) is 0.0800. The quantitative estimate of drug-likeness (QED) is 0.353. The first kappa shape index (κ1) is 20.9. The number of carboxylic acids is 1. The third-order valence-electron chi connectivity index (χ3n) is 4.99. The van der Waals surface area contributed by atoms with Gasteiger partial charge < -0.3 is 10.0 Å².